The largest absolute Gasteiger partial charge is 0.493 e. The molecule has 0 bridgehead atoms. The maximum Gasteiger partial charge on any atom is 0.288 e. The van der Waals surface area contributed by atoms with Gasteiger partial charge >= 0.3 is 0 Å². The Morgan fingerprint density at radius 1 is 1.56 bits per heavy atom. The van der Waals surface area contributed by atoms with Gasteiger partial charge in [0.05, 0.1) is 11.5 Å². The molecule has 0 atom stereocenters. The van der Waals surface area contributed by atoms with Gasteiger partial charge in [-0.15, -0.1) is 0 Å². The third-order valence-electron chi connectivity index (χ3n) is 2.05. The van der Waals surface area contributed by atoms with Gasteiger partial charge in [0.1, 0.15) is 10.8 Å². The van der Waals surface area contributed by atoms with Crippen molar-refractivity contribution >= 4 is 17.3 Å². The number of halogens is 1. The average molecular weight is 245 g/mol. The van der Waals surface area contributed by atoms with E-state index in [2.05, 4.69) is 0 Å². The minimum absolute atomic E-state index is 0.0818. The third kappa shape index (κ3) is 3.08. The van der Waals surface area contributed by atoms with E-state index >= 15 is 0 Å². The van der Waals surface area contributed by atoms with Gasteiger partial charge in [-0.25, -0.2) is 0 Å². The zero-order chi connectivity index (χ0) is 12.1. The number of rotatable bonds is 5. The van der Waals surface area contributed by atoms with Crippen LogP contribution in [0, 0.1) is 17.0 Å². The van der Waals surface area contributed by atoms with Crippen molar-refractivity contribution in [1.82, 2.24) is 0 Å². The Balaban J connectivity index is 2.88. The van der Waals surface area contributed by atoms with E-state index in [0.717, 1.165) is 6.42 Å². The van der Waals surface area contributed by atoms with Gasteiger partial charge in [0.15, 0.2) is 0 Å². The van der Waals surface area contributed by atoms with Gasteiger partial charge in [0.25, 0.3) is 5.69 Å². The maximum absolute atomic E-state index is 10.6. The molecule has 0 amide bonds. The molecule has 1 aromatic carbocycles. The van der Waals surface area contributed by atoms with Crippen LogP contribution in [0.5, 0.6) is 5.75 Å². The first-order valence-corrected chi connectivity index (χ1v) is 5.21. The molecule has 0 aliphatic carbocycles. The molecule has 0 spiro atoms. The zero-order valence-corrected chi connectivity index (χ0v) is 9.66. The third-order valence-corrected chi connectivity index (χ3v) is 2.35. The fourth-order valence-corrected chi connectivity index (χ4v) is 1.43. The number of nitrogens with zero attached hydrogens (tertiary/aromatic N) is 1. The highest BCUT2D eigenvalue weighted by Crippen LogP contribution is 2.31. The first-order valence-electron chi connectivity index (χ1n) is 4.83. The number of benzene rings is 1. The molecule has 16 heavy (non-hydrogen) atoms. The molecule has 0 saturated carbocycles. The van der Waals surface area contributed by atoms with Crippen LogP contribution in [-0.2, 0) is 0 Å². The predicted octanol–water partition coefficient (Wildman–Crippen LogP) is 2.28. The van der Waals surface area contributed by atoms with Gasteiger partial charge in [-0.3, -0.25) is 10.1 Å². The van der Waals surface area contributed by atoms with Crippen molar-refractivity contribution in [3.63, 3.8) is 0 Å². The zero-order valence-electron chi connectivity index (χ0n) is 8.90. The quantitative estimate of drug-likeness (QED) is 0.490. The Hall–Kier alpha value is -1.33. The van der Waals surface area contributed by atoms with E-state index in [1.807, 2.05) is 0 Å². The molecule has 0 fully saturated rings. The first kappa shape index (κ1) is 12.7. The maximum atomic E-state index is 10.6. The van der Waals surface area contributed by atoms with Gasteiger partial charge in [-0.2, -0.15) is 0 Å². The summed E-state index contributed by atoms with van der Waals surface area (Å²) in [6, 6.07) is 2.87. The second kappa shape index (κ2) is 5.67. The van der Waals surface area contributed by atoms with E-state index < -0.39 is 4.92 Å². The van der Waals surface area contributed by atoms with E-state index in [0.29, 0.717) is 24.5 Å². The lowest BCUT2D eigenvalue weighted by atomic mass is 10.2. The molecule has 88 valence electrons. The fourth-order valence-electron chi connectivity index (χ4n) is 1.21. The van der Waals surface area contributed by atoms with Crippen LogP contribution < -0.4 is 10.5 Å². The Morgan fingerprint density at radius 2 is 2.25 bits per heavy atom. The predicted molar refractivity (Wildman–Crippen MR) is 62.0 cm³/mol. The van der Waals surface area contributed by atoms with Crippen molar-refractivity contribution in [3.05, 3.63) is 32.8 Å². The number of hydrogen-bond donors (Lipinski definition) is 1. The van der Waals surface area contributed by atoms with E-state index in [1.54, 1.807) is 6.92 Å². The van der Waals surface area contributed by atoms with Gasteiger partial charge in [-0.05, 0) is 25.5 Å². The van der Waals surface area contributed by atoms with Crippen molar-refractivity contribution in [2.75, 3.05) is 13.2 Å². The Labute approximate surface area is 98.3 Å². The van der Waals surface area contributed by atoms with E-state index in [-0.39, 0.29) is 10.7 Å². The van der Waals surface area contributed by atoms with Crippen LogP contribution in [0.4, 0.5) is 5.69 Å². The monoisotopic (exact) mass is 244 g/mol. The summed E-state index contributed by atoms with van der Waals surface area (Å²) in [5.41, 5.74) is 5.91. The van der Waals surface area contributed by atoms with Crippen LogP contribution >= 0.6 is 11.6 Å². The van der Waals surface area contributed by atoms with Crippen molar-refractivity contribution in [1.29, 1.82) is 0 Å². The van der Waals surface area contributed by atoms with Gasteiger partial charge in [0.2, 0.25) is 0 Å². The van der Waals surface area contributed by atoms with E-state index in [4.69, 9.17) is 22.1 Å². The number of aryl methyl sites for hydroxylation is 1. The number of nitro benzene ring substituents is 1. The van der Waals surface area contributed by atoms with Crippen LogP contribution in [0.1, 0.15) is 12.0 Å². The van der Waals surface area contributed by atoms with Crippen molar-refractivity contribution < 1.29 is 9.66 Å². The topological polar surface area (TPSA) is 78.4 Å². The smallest absolute Gasteiger partial charge is 0.288 e. The molecule has 0 radical (unpaired) electrons. The summed E-state index contributed by atoms with van der Waals surface area (Å²) in [5.74, 6) is 0.559. The number of hydrogen-bond acceptors (Lipinski definition) is 4. The summed E-state index contributed by atoms with van der Waals surface area (Å²) in [4.78, 5) is 10.1. The van der Waals surface area contributed by atoms with Crippen molar-refractivity contribution in [2.45, 2.75) is 13.3 Å². The van der Waals surface area contributed by atoms with Gasteiger partial charge < -0.3 is 10.5 Å². The normalized spacial score (nSPS) is 10.2. The molecular weight excluding hydrogens is 232 g/mol. The Kier molecular flexibility index (Phi) is 4.52. The van der Waals surface area contributed by atoms with Crippen LogP contribution in [0.15, 0.2) is 12.1 Å². The highest BCUT2D eigenvalue weighted by atomic mass is 35.5. The number of nitrogens with two attached hydrogens (primary N) is 1. The standard InChI is InChI=1S/C10H13ClN2O3/c1-7-5-9(13(14)15)8(11)6-10(7)16-4-2-3-12/h5-6H,2-4,12H2,1H3. The van der Waals surface area contributed by atoms with Gasteiger partial charge in [0, 0.05) is 12.1 Å². The molecule has 0 saturated heterocycles. The Bertz CT molecular complexity index is 396. The Morgan fingerprint density at radius 3 is 2.81 bits per heavy atom. The molecule has 2 N–H and O–H groups in total. The summed E-state index contributed by atoms with van der Waals surface area (Å²) < 4.78 is 5.41. The van der Waals surface area contributed by atoms with Crippen LogP contribution in [0.25, 0.3) is 0 Å². The minimum Gasteiger partial charge on any atom is -0.493 e. The number of ether oxygens (including phenoxy) is 1. The number of nitro groups is 1. The SMILES string of the molecule is Cc1cc([N+](=O)[O-])c(Cl)cc1OCCCN. The van der Waals surface area contributed by atoms with Crippen LogP contribution in [0.3, 0.4) is 0 Å². The van der Waals surface area contributed by atoms with E-state index in [1.165, 1.54) is 12.1 Å². The molecule has 0 aromatic heterocycles. The van der Waals surface area contributed by atoms with E-state index in [9.17, 15) is 10.1 Å². The molecule has 5 nitrogen and oxygen atoms in total. The molecule has 6 heteroatoms. The molecule has 1 aromatic rings. The van der Waals surface area contributed by atoms with Crippen LogP contribution in [-0.4, -0.2) is 18.1 Å². The summed E-state index contributed by atoms with van der Waals surface area (Å²) >= 11 is 5.76. The van der Waals surface area contributed by atoms with Crippen molar-refractivity contribution in [3.8, 4) is 5.75 Å². The van der Waals surface area contributed by atoms with Crippen molar-refractivity contribution in [2.24, 2.45) is 5.73 Å². The highest BCUT2D eigenvalue weighted by molar-refractivity contribution is 6.32. The average Bonchev–Trinajstić information content (AvgIpc) is 2.22. The summed E-state index contributed by atoms with van der Waals surface area (Å²) in [5, 5.41) is 10.7. The van der Waals surface area contributed by atoms with Gasteiger partial charge in [-0.1, -0.05) is 11.6 Å². The second-order valence-electron chi connectivity index (χ2n) is 3.32. The lowest BCUT2D eigenvalue weighted by Gasteiger charge is -2.08. The molecule has 0 aliphatic rings. The summed E-state index contributed by atoms with van der Waals surface area (Å²) in [6.45, 7) is 2.76. The molecule has 0 unspecified atom stereocenters. The van der Waals surface area contributed by atoms with Crippen LogP contribution in [0.2, 0.25) is 5.02 Å². The second-order valence-corrected chi connectivity index (χ2v) is 3.72. The molecule has 0 heterocycles. The summed E-state index contributed by atoms with van der Waals surface area (Å²) in [7, 11) is 0. The lowest BCUT2D eigenvalue weighted by molar-refractivity contribution is -0.384. The highest BCUT2D eigenvalue weighted by Gasteiger charge is 2.15. The molecular formula is C10H13ClN2O3. The lowest BCUT2D eigenvalue weighted by Crippen LogP contribution is -2.06. The first-order chi connectivity index (χ1) is 7.56. The molecule has 1 rings (SSSR count). The molecule has 0 aliphatic heterocycles. The summed E-state index contributed by atoms with van der Waals surface area (Å²) in [6.07, 6.45) is 0.730. The minimum atomic E-state index is -0.515. The fraction of sp³-hybridized carbons (Fsp3) is 0.400.